The van der Waals surface area contributed by atoms with Crippen LogP contribution in [0, 0.1) is 0 Å². The molecule has 2 amide bonds. The van der Waals surface area contributed by atoms with Crippen LogP contribution >= 0.6 is 0 Å². The molecule has 2 heterocycles. The number of carbonyl (C=O) groups excluding carboxylic acids is 2. The summed E-state index contributed by atoms with van der Waals surface area (Å²) >= 11 is 0. The summed E-state index contributed by atoms with van der Waals surface area (Å²) in [4.78, 5) is 32.1. The predicted octanol–water partition coefficient (Wildman–Crippen LogP) is 0.556. The monoisotopic (exact) mass is 309 g/mol. The highest BCUT2D eigenvalue weighted by Gasteiger charge is 2.21. The molecule has 0 aliphatic heterocycles. The first-order chi connectivity index (χ1) is 11.1. The zero-order valence-corrected chi connectivity index (χ0v) is 12.2. The van der Waals surface area contributed by atoms with Crippen LogP contribution in [-0.4, -0.2) is 32.2 Å². The Labute approximate surface area is 132 Å². The standard InChI is InChI=1S/C16H15N5O2/c17-14(22)12(9-11-5-2-1-3-6-11)19-15(23)13-10-21-8-4-7-18-16(21)20-13/h1-8,10,12H,9H2,(H2,17,22)(H,19,23)/t12-/m1/s1. The van der Waals surface area contributed by atoms with Gasteiger partial charge in [0.1, 0.15) is 11.7 Å². The van der Waals surface area contributed by atoms with E-state index in [0.29, 0.717) is 12.2 Å². The predicted molar refractivity (Wildman–Crippen MR) is 83.6 cm³/mol. The van der Waals surface area contributed by atoms with E-state index in [1.165, 1.54) is 0 Å². The molecular weight excluding hydrogens is 294 g/mol. The van der Waals surface area contributed by atoms with Gasteiger partial charge < -0.3 is 11.1 Å². The number of amides is 2. The Hall–Kier alpha value is -3.22. The first kappa shape index (κ1) is 14.7. The van der Waals surface area contributed by atoms with Gasteiger partial charge in [-0.05, 0) is 11.6 Å². The maximum Gasteiger partial charge on any atom is 0.272 e. The van der Waals surface area contributed by atoms with Crippen molar-refractivity contribution < 1.29 is 9.59 Å². The number of aromatic nitrogens is 3. The lowest BCUT2D eigenvalue weighted by atomic mass is 10.1. The van der Waals surface area contributed by atoms with Crippen molar-refractivity contribution >= 4 is 17.6 Å². The number of nitrogens with one attached hydrogen (secondary N) is 1. The normalized spacial score (nSPS) is 12.0. The SMILES string of the molecule is NC(=O)[C@@H](Cc1ccccc1)NC(=O)c1cn2cccnc2n1. The summed E-state index contributed by atoms with van der Waals surface area (Å²) in [5.74, 6) is -0.643. The second-order valence-electron chi connectivity index (χ2n) is 5.07. The van der Waals surface area contributed by atoms with Gasteiger partial charge in [-0.3, -0.25) is 14.0 Å². The van der Waals surface area contributed by atoms with Crippen LogP contribution in [0.3, 0.4) is 0 Å². The molecule has 3 aromatic rings. The summed E-state index contributed by atoms with van der Waals surface area (Å²) in [5, 5.41) is 2.63. The second-order valence-corrected chi connectivity index (χ2v) is 5.07. The molecule has 0 bridgehead atoms. The number of hydrogen-bond acceptors (Lipinski definition) is 4. The van der Waals surface area contributed by atoms with E-state index in [0.717, 1.165) is 5.56 Å². The summed E-state index contributed by atoms with van der Waals surface area (Å²) < 4.78 is 1.63. The number of benzene rings is 1. The number of primary amides is 1. The molecule has 3 rings (SSSR count). The van der Waals surface area contributed by atoms with Crippen LogP contribution in [0.2, 0.25) is 0 Å². The van der Waals surface area contributed by atoms with Gasteiger partial charge >= 0.3 is 0 Å². The number of nitrogens with two attached hydrogens (primary N) is 1. The van der Waals surface area contributed by atoms with Gasteiger partial charge in [0, 0.05) is 25.0 Å². The second kappa shape index (κ2) is 6.27. The van der Waals surface area contributed by atoms with E-state index in [1.807, 2.05) is 30.3 Å². The molecule has 0 radical (unpaired) electrons. The molecule has 1 atom stereocenters. The largest absolute Gasteiger partial charge is 0.368 e. The molecule has 0 aliphatic carbocycles. The highest BCUT2D eigenvalue weighted by atomic mass is 16.2. The molecule has 23 heavy (non-hydrogen) atoms. The van der Waals surface area contributed by atoms with Gasteiger partial charge in [-0.1, -0.05) is 30.3 Å². The Morgan fingerprint density at radius 1 is 1.22 bits per heavy atom. The van der Waals surface area contributed by atoms with Crippen molar-refractivity contribution in [2.45, 2.75) is 12.5 Å². The molecule has 3 N–H and O–H groups in total. The summed E-state index contributed by atoms with van der Waals surface area (Å²) in [7, 11) is 0. The van der Waals surface area contributed by atoms with Gasteiger partial charge in [0.25, 0.3) is 5.91 Å². The highest BCUT2D eigenvalue weighted by molar-refractivity contribution is 5.96. The van der Waals surface area contributed by atoms with Crippen molar-refractivity contribution in [3.05, 3.63) is 66.2 Å². The Morgan fingerprint density at radius 2 is 2.00 bits per heavy atom. The Morgan fingerprint density at radius 3 is 2.70 bits per heavy atom. The number of rotatable bonds is 5. The zero-order valence-electron chi connectivity index (χ0n) is 12.2. The fraction of sp³-hybridized carbons (Fsp3) is 0.125. The molecule has 7 nitrogen and oxygen atoms in total. The molecule has 116 valence electrons. The summed E-state index contributed by atoms with van der Waals surface area (Å²) in [6.45, 7) is 0. The van der Waals surface area contributed by atoms with Crippen LogP contribution in [0.25, 0.3) is 5.78 Å². The van der Waals surface area contributed by atoms with Crippen molar-refractivity contribution in [1.29, 1.82) is 0 Å². The quantitative estimate of drug-likeness (QED) is 0.718. The van der Waals surface area contributed by atoms with E-state index < -0.39 is 17.9 Å². The minimum absolute atomic E-state index is 0.183. The first-order valence-electron chi connectivity index (χ1n) is 7.07. The Bertz CT molecular complexity index is 811. The molecule has 0 saturated heterocycles. The van der Waals surface area contributed by atoms with E-state index in [1.54, 1.807) is 29.1 Å². The lowest BCUT2D eigenvalue weighted by molar-refractivity contribution is -0.119. The smallest absolute Gasteiger partial charge is 0.272 e. The van der Waals surface area contributed by atoms with Gasteiger partial charge in [-0.2, -0.15) is 0 Å². The van der Waals surface area contributed by atoms with Crippen molar-refractivity contribution in [2.75, 3.05) is 0 Å². The topological polar surface area (TPSA) is 102 Å². The molecule has 2 aromatic heterocycles. The van der Waals surface area contributed by atoms with Crippen LogP contribution in [0.5, 0.6) is 0 Å². The Kier molecular flexibility index (Phi) is 4.01. The van der Waals surface area contributed by atoms with E-state index in [2.05, 4.69) is 15.3 Å². The number of carbonyl (C=O) groups is 2. The van der Waals surface area contributed by atoms with Crippen LogP contribution in [0.1, 0.15) is 16.1 Å². The highest BCUT2D eigenvalue weighted by Crippen LogP contribution is 2.06. The minimum Gasteiger partial charge on any atom is -0.368 e. The fourth-order valence-corrected chi connectivity index (χ4v) is 2.24. The van der Waals surface area contributed by atoms with E-state index in [9.17, 15) is 9.59 Å². The maximum absolute atomic E-state index is 12.3. The molecular formula is C16H15N5O2. The van der Waals surface area contributed by atoms with Gasteiger partial charge in [0.15, 0.2) is 0 Å². The molecule has 0 unspecified atom stereocenters. The van der Waals surface area contributed by atoms with Crippen molar-refractivity contribution in [3.63, 3.8) is 0 Å². The lowest BCUT2D eigenvalue weighted by Gasteiger charge is -2.14. The van der Waals surface area contributed by atoms with Crippen LogP contribution in [-0.2, 0) is 11.2 Å². The average Bonchev–Trinajstić information content (AvgIpc) is 2.99. The summed E-state index contributed by atoms with van der Waals surface area (Å²) in [6, 6.07) is 10.3. The minimum atomic E-state index is -0.803. The van der Waals surface area contributed by atoms with Crippen molar-refractivity contribution in [2.24, 2.45) is 5.73 Å². The zero-order chi connectivity index (χ0) is 16.2. The lowest BCUT2D eigenvalue weighted by Crippen LogP contribution is -2.45. The first-order valence-corrected chi connectivity index (χ1v) is 7.07. The van der Waals surface area contributed by atoms with Crippen molar-refractivity contribution in [1.82, 2.24) is 19.7 Å². The number of nitrogens with zero attached hydrogens (tertiary/aromatic N) is 3. The third kappa shape index (κ3) is 3.34. The Balaban J connectivity index is 1.76. The average molecular weight is 309 g/mol. The summed E-state index contributed by atoms with van der Waals surface area (Å²) in [5.41, 5.74) is 6.49. The van der Waals surface area contributed by atoms with Crippen LogP contribution in [0.15, 0.2) is 55.0 Å². The number of fused-ring (bicyclic) bond motifs is 1. The van der Waals surface area contributed by atoms with Gasteiger partial charge in [-0.15, -0.1) is 0 Å². The molecule has 0 aliphatic rings. The fourth-order valence-electron chi connectivity index (χ4n) is 2.24. The molecule has 7 heteroatoms. The molecule has 0 fully saturated rings. The van der Waals surface area contributed by atoms with Gasteiger partial charge in [0.2, 0.25) is 11.7 Å². The molecule has 0 saturated carbocycles. The van der Waals surface area contributed by atoms with E-state index >= 15 is 0 Å². The third-order valence-electron chi connectivity index (χ3n) is 3.40. The van der Waals surface area contributed by atoms with E-state index in [-0.39, 0.29) is 5.69 Å². The van der Waals surface area contributed by atoms with Crippen LogP contribution in [0.4, 0.5) is 0 Å². The van der Waals surface area contributed by atoms with Gasteiger partial charge in [-0.25, -0.2) is 9.97 Å². The van der Waals surface area contributed by atoms with Gasteiger partial charge in [0.05, 0.1) is 0 Å². The maximum atomic E-state index is 12.3. The molecule has 1 aromatic carbocycles. The molecule has 0 spiro atoms. The van der Waals surface area contributed by atoms with E-state index in [4.69, 9.17) is 5.73 Å². The number of hydrogen-bond donors (Lipinski definition) is 2. The van der Waals surface area contributed by atoms with Crippen LogP contribution < -0.4 is 11.1 Å². The number of imidazole rings is 1. The third-order valence-corrected chi connectivity index (χ3v) is 3.40. The summed E-state index contributed by atoms with van der Waals surface area (Å²) in [6.07, 6.45) is 5.21. The van der Waals surface area contributed by atoms with Crippen molar-refractivity contribution in [3.8, 4) is 0 Å².